The van der Waals surface area contributed by atoms with Crippen molar-refractivity contribution in [1.82, 2.24) is 15.4 Å². The van der Waals surface area contributed by atoms with Gasteiger partial charge in [0.05, 0.1) is 11.4 Å². The number of hydrazine groups is 1. The number of nitrogens with one attached hydrogen (secondary N) is 1. The van der Waals surface area contributed by atoms with Crippen LogP contribution in [0.5, 0.6) is 0 Å². The second kappa shape index (κ2) is 4.90. The van der Waals surface area contributed by atoms with Gasteiger partial charge < -0.3 is 5.43 Å². The van der Waals surface area contributed by atoms with Gasteiger partial charge in [0.25, 0.3) is 0 Å². The molecule has 0 radical (unpaired) electrons. The monoisotopic (exact) mass is 272 g/mol. The van der Waals surface area contributed by atoms with Crippen LogP contribution in [0, 0.1) is 0 Å². The summed E-state index contributed by atoms with van der Waals surface area (Å²) in [4.78, 5) is 8.15. The Labute approximate surface area is 116 Å². The van der Waals surface area contributed by atoms with Gasteiger partial charge in [0.2, 0.25) is 0 Å². The fourth-order valence-corrected chi connectivity index (χ4v) is 2.28. The van der Waals surface area contributed by atoms with Crippen LogP contribution in [0.1, 0.15) is 12.5 Å². The van der Waals surface area contributed by atoms with Gasteiger partial charge in [-0.05, 0) is 25.1 Å². The van der Waals surface area contributed by atoms with E-state index in [4.69, 9.17) is 11.6 Å². The second-order valence-corrected chi connectivity index (χ2v) is 4.59. The smallest absolute Gasteiger partial charge is 0.133 e. The molecule has 1 aliphatic rings. The highest BCUT2D eigenvalue weighted by atomic mass is 35.5. The highest BCUT2D eigenvalue weighted by Gasteiger charge is 2.12. The van der Waals surface area contributed by atoms with Crippen LogP contribution in [0.3, 0.4) is 0 Å². The second-order valence-electron chi connectivity index (χ2n) is 4.21. The van der Waals surface area contributed by atoms with E-state index in [1.807, 2.05) is 18.3 Å². The SMILES string of the molecule is CCN1NC=Cc2cc(-c3cc(Cl)ncn3)ccc21. The molecule has 0 unspecified atom stereocenters. The average Bonchev–Trinajstić information content (AvgIpc) is 2.46. The Balaban J connectivity index is 2.05. The Hall–Kier alpha value is -2.07. The Morgan fingerprint density at radius 2 is 2.16 bits per heavy atom. The van der Waals surface area contributed by atoms with Crippen LogP contribution >= 0.6 is 11.6 Å². The number of benzene rings is 1. The Kier molecular flexibility index (Phi) is 3.09. The molecule has 0 saturated carbocycles. The number of hydrogen-bond acceptors (Lipinski definition) is 4. The normalized spacial score (nSPS) is 13.1. The zero-order chi connectivity index (χ0) is 13.2. The molecular formula is C14H13ClN4. The number of nitrogens with zero attached hydrogens (tertiary/aromatic N) is 3. The van der Waals surface area contributed by atoms with Crippen LogP contribution in [0.15, 0.2) is 36.8 Å². The lowest BCUT2D eigenvalue weighted by Crippen LogP contribution is -2.36. The molecule has 3 rings (SSSR count). The summed E-state index contributed by atoms with van der Waals surface area (Å²) in [7, 11) is 0. The van der Waals surface area contributed by atoms with Crippen molar-refractivity contribution < 1.29 is 0 Å². The Morgan fingerprint density at radius 3 is 2.95 bits per heavy atom. The van der Waals surface area contributed by atoms with Crippen LogP contribution in [0.4, 0.5) is 5.69 Å². The summed E-state index contributed by atoms with van der Waals surface area (Å²) in [5.74, 6) is 0. The lowest BCUT2D eigenvalue weighted by molar-refractivity contribution is 0.757. The van der Waals surface area contributed by atoms with Gasteiger partial charge in [0, 0.05) is 29.9 Å². The van der Waals surface area contributed by atoms with E-state index in [9.17, 15) is 0 Å². The summed E-state index contributed by atoms with van der Waals surface area (Å²) in [6.07, 6.45) is 5.46. The van der Waals surface area contributed by atoms with Crippen LogP contribution in [-0.4, -0.2) is 16.5 Å². The van der Waals surface area contributed by atoms with Gasteiger partial charge in [-0.3, -0.25) is 5.01 Å². The van der Waals surface area contributed by atoms with Crippen LogP contribution in [0.25, 0.3) is 17.3 Å². The molecule has 2 heterocycles. The summed E-state index contributed by atoms with van der Waals surface area (Å²) < 4.78 is 0. The fraction of sp³-hybridized carbons (Fsp3) is 0.143. The molecule has 1 aromatic heterocycles. The van der Waals surface area contributed by atoms with E-state index in [1.54, 1.807) is 6.07 Å². The zero-order valence-electron chi connectivity index (χ0n) is 10.5. The summed E-state index contributed by atoms with van der Waals surface area (Å²) >= 11 is 5.90. The third kappa shape index (κ3) is 2.27. The van der Waals surface area contributed by atoms with Gasteiger partial charge >= 0.3 is 0 Å². The molecule has 1 N–H and O–H groups in total. The molecule has 96 valence electrons. The highest BCUT2D eigenvalue weighted by molar-refractivity contribution is 6.29. The first-order valence-corrected chi connectivity index (χ1v) is 6.48. The molecule has 4 nitrogen and oxygen atoms in total. The molecule has 19 heavy (non-hydrogen) atoms. The lowest BCUT2D eigenvalue weighted by Gasteiger charge is -2.28. The standard InChI is InChI=1S/C14H13ClN4/c1-2-19-13-4-3-10(7-11(13)5-6-18-19)12-8-14(15)17-9-16-12/h3-9,18H,2H2,1H3. The molecule has 1 aliphatic heterocycles. The number of fused-ring (bicyclic) bond motifs is 1. The Bertz CT molecular complexity index is 639. The van der Waals surface area contributed by atoms with Gasteiger partial charge in [-0.15, -0.1) is 0 Å². The molecular weight excluding hydrogens is 260 g/mol. The molecule has 0 fully saturated rings. The van der Waals surface area contributed by atoms with Crippen LogP contribution in [-0.2, 0) is 0 Å². The highest BCUT2D eigenvalue weighted by Crippen LogP contribution is 2.29. The summed E-state index contributed by atoms with van der Waals surface area (Å²) in [6, 6.07) is 8.00. The van der Waals surface area contributed by atoms with Crippen molar-refractivity contribution in [1.29, 1.82) is 0 Å². The van der Waals surface area contributed by atoms with Crippen LogP contribution < -0.4 is 10.4 Å². The average molecular weight is 273 g/mol. The number of aromatic nitrogens is 2. The number of anilines is 1. The van der Waals surface area contributed by atoms with Gasteiger partial charge in [0.15, 0.2) is 0 Å². The summed E-state index contributed by atoms with van der Waals surface area (Å²) in [6.45, 7) is 3.00. The molecule has 0 bridgehead atoms. The van der Waals surface area contributed by atoms with E-state index in [-0.39, 0.29) is 0 Å². The van der Waals surface area contributed by atoms with Gasteiger partial charge in [-0.2, -0.15) is 0 Å². The van der Waals surface area contributed by atoms with E-state index in [2.05, 4.69) is 39.5 Å². The number of halogens is 1. The molecule has 0 amide bonds. The molecule has 1 aromatic carbocycles. The van der Waals surface area contributed by atoms with E-state index in [0.29, 0.717) is 5.15 Å². The Morgan fingerprint density at radius 1 is 1.26 bits per heavy atom. The predicted octanol–water partition coefficient (Wildman–Crippen LogP) is 3.11. The lowest BCUT2D eigenvalue weighted by atomic mass is 10.0. The fourth-order valence-electron chi connectivity index (χ4n) is 2.13. The van der Waals surface area contributed by atoms with Crippen molar-refractivity contribution in [3.8, 4) is 11.3 Å². The van der Waals surface area contributed by atoms with Gasteiger partial charge in [-0.25, -0.2) is 9.97 Å². The number of rotatable bonds is 2. The molecule has 0 atom stereocenters. The summed E-state index contributed by atoms with van der Waals surface area (Å²) in [5, 5.41) is 2.54. The van der Waals surface area contributed by atoms with Crippen molar-refractivity contribution >= 4 is 23.4 Å². The molecule has 5 heteroatoms. The predicted molar refractivity (Wildman–Crippen MR) is 77.7 cm³/mol. The third-order valence-corrected chi connectivity index (χ3v) is 3.26. The maximum Gasteiger partial charge on any atom is 0.133 e. The van der Waals surface area contributed by atoms with Crippen molar-refractivity contribution in [2.24, 2.45) is 0 Å². The van der Waals surface area contributed by atoms with Crippen LogP contribution in [0.2, 0.25) is 5.15 Å². The first kappa shape index (κ1) is 12.0. The quantitative estimate of drug-likeness (QED) is 0.853. The summed E-state index contributed by atoms with van der Waals surface area (Å²) in [5.41, 5.74) is 7.38. The topological polar surface area (TPSA) is 41.0 Å². The first-order chi connectivity index (χ1) is 9.28. The van der Waals surface area contributed by atoms with E-state index in [0.717, 1.165) is 29.1 Å². The van der Waals surface area contributed by atoms with E-state index in [1.165, 1.54) is 6.33 Å². The van der Waals surface area contributed by atoms with Gasteiger partial charge in [-0.1, -0.05) is 17.7 Å². The molecule has 0 spiro atoms. The van der Waals surface area contributed by atoms with E-state index >= 15 is 0 Å². The molecule has 0 saturated heterocycles. The molecule has 2 aromatic rings. The third-order valence-electron chi connectivity index (χ3n) is 3.06. The molecule has 0 aliphatic carbocycles. The van der Waals surface area contributed by atoms with E-state index < -0.39 is 0 Å². The minimum absolute atomic E-state index is 0.454. The maximum atomic E-state index is 5.90. The van der Waals surface area contributed by atoms with Crippen molar-refractivity contribution in [3.05, 3.63) is 47.5 Å². The first-order valence-electron chi connectivity index (χ1n) is 6.10. The number of hydrogen-bond donors (Lipinski definition) is 1. The minimum Gasteiger partial charge on any atom is -0.306 e. The van der Waals surface area contributed by atoms with Gasteiger partial charge in [0.1, 0.15) is 11.5 Å². The minimum atomic E-state index is 0.454. The largest absolute Gasteiger partial charge is 0.306 e. The van der Waals surface area contributed by atoms with Crippen molar-refractivity contribution in [3.63, 3.8) is 0 Å². The van der Waals surface area contributed by atoms with Crippen molar-refractivity contribution in [2.75, 3.05) is 11.6 Å². The van der Waals surface area contributed by atoms with Crippen molar-refractivity contribution in [2.45, 2.75) is 6.92 Å². The maximum absolute atomic E-state index is 5.90. The zero-order valence-corrected chi connectivity index (χ0v) is 11.2.